The molecule has 28 heavy (non-hydrogen) atoms. The van der Waals surface area contributed by atoms with Crippen LogP contribution in [0.25, 0.3) is 0 Å². The molecule has 2 aromatic rings. The van der Waals surface area contributed by atoms with E-state index in [4.69, 9.17) is 11.5 Å². The number of hydrogen-bond acceptors (Lipinski definition) is 3. The van der Waals surface area contributed by atoms with Gasteiger partial charge in [-0.15, -0.1) is 6.42 Å². The molecule has 0 spiro atoms. The van der Waals surface area contributed by atoms with E-state index in [2.05, 4.69) is 16.3 Å². The van der Waals surface area contributed by atoms with Gasteiger partial charge in [0.15, 0.2) is 0 Å². The molecule has 2 rings (SSSR count). The first-order valence-electron chi connectivity index (χ1n) is 9.28. The predicted molar refractivity (Wildman–Crippen MR) is 106 cm³/mol. The van der Waals surface area contributed by atoms with E-state index in [-0.39, 0.29) is 18.5 Å². The highest BCUT2D eigenvalue weighted by Gasteiger charge is 2.19. The average molecular weight is 382 g/mol. The van der Waals surface area contributed by atoms with E-state index >= 15 is 0 Å². The summed E-state index contributed by atoms with van der Waals surface area (Å²) in [5.74, 6) is 1.64. The number of carboxylic acid groups (broad SMARTS) is 1. The minimum absolute atomic E-state index is 0.000397. The molecule has 2 amide bonds. The van der Waals surface area contributed by atoms with Gasteiger partial charge in [-0.1, -0.05) is 36.3 Å². The first-order valence-corrected chi connectivity index (χ1v) is 9.28. The van der Waals surface area contributed by atoms with E-state index in [1.807, 2.05) is 43.3 Å². The Labute approximate surface area is 165 Å². The standard InChI is InChI=1S/C21H26N4O3/c1-3-13-25-14-12-19(23-25)16-24(4-2)21(28)22-18(10-11-20(26)27)15-17-8-6-5-7-9-17/h1,5-9,12,14,18H,4,10-11,13,15-16H2,2H3,(H,22,28)(H,26,27). The van der Waals surface area contributed by atoms with Crippen molar-refractivity contribution in [2.75, 3.05) is 6.54 Å². The molecule has 1 aromatic heterocycles. The molecule has 0 fully saturated rings. The molecular weight excluding hydrogens is 356 g/mol. The van der Waals surface area contributed by atoms with Crippen molar-refractivity contribution in [2.24, 2.45) is 0 Å². The fourth-order valence-corrected chi connectivity index (χ4v) is 2.88. The first kappa shape index (κ1) is 21.0. The number of carbonyl (C=O) groups is 2. The number of carboxylic acids is 1. The topological polar surface area (TPSA) is 87.5 Å². The van der Waals surface area contributed by atoms with E-state index in [0.29, 0.717) is 32.5 Å². The molecule has 2 N–H and O–H groups in total. The van der Waals surface area contributed by atoms with Crippen molar-refractivity contribution in [1.29, 1.82) is 0 Å². The van der Waals surface area contributed by atoms with E-state index in [1.54, 1.807) is 15.8 Å². The number of terminal acetylenes is 1. The summed E-state index contributed by atoms with van der Waals surface area (Å²) >= 11 is 0. The van der Waals surface area contributed by atoms with Crippen LogP contribution in [0.2, 0.25) is 0 Å². The van der Waals surface area contributed by atoms with Crippen LogP contribution in [0.1, 0.15) is 31.0 Å². The van der Waals surface area contributed by atoms with Gasteiger partial charge in [-0.25, -0.2) is 4.79 Å². The lowest BCUT2D eigenvalue weighted by Gasteiger charge is -2.25. The summed E-state index contributed by atoms with van der Waals surface area (Å²) in [4.78, 5) is 25.4. The quantitative estimate of drug-likeness (QED) is 0.618. The van der Waals surface area contributed by atoms with Crippen molar-refractivity contribution in [3.8, 4) is 12.3 Å². The van der Waals surface area contributed by atoms with Crippen molar-refractivity contribution < 1.29 is 14.7 Å². The average Bonchev–Trinajstić information content (AvgIpc) is 3.12. The zero-order valence-electron chi connectivity index (χ0n) is 16.0. The van der Waals surface area contributed by atoms with Crippen molar-refractivity contribution in [2.45, 2.75) is 45.3 Å². The van der Waals surface area contributed by atoms with Gasteiger partial charge in [-0.2, -0.15) is 5.10 Å². The Bertz CT molecular complexity index is 811. The van der Waals surface area contributed by atoms with Crippen molar-refractivity contribution >= 4 is 12.0 Å². The van der Waals surface area contributed by atoms with Gasteiger partial charge < -0.3 is 15.3 Å². The van der Waals surface area contributed by atoms with Crippen LogP contribution in [0.4, 0.5) is 4.79 Å². The number of aliphatic carboxylic acids is 1. The van der Waals surface area contributed by atoms with Crippen LogP contribution in [0.5, 0.6) is 0 Å². The molecule has 1 aromatic carbocycles. The number of hydrogen-bond donors (Lipinski definition) is 2. The SMILES string of the molecule is C#CCn1ccc(CN(CC)C(=O)NC(CCC(=O)O)Cc2ccccc2)n1. The summed E-state index contributed by atoms with van der Waals surface area (Å²) in [5.41, 5.74) is 1.80. The number of urea groups is 1. The summed E-state index contributed by atoms with van der Waals surface area (Å²) in [7, 11) is 0. The van der Waals surface area contributed by atoms with Gasteiger partial charge in [0, 0.05) is 25.2 Å². The molecule has 1 heterocycles. The largest absolute Gasteiger partial charge is 0.481 e. The zero-order valence-corrected chi connectivity index (χ0v) is 16.0. The van der Waals surface area contributed by atoms with E-state index in [9.17, 15) is 9.59 Å². The van der Waals surface area contributed by atoms with Crippen molar-refractivity contribution in [3.63, 3.8) is 0 Å². The summed E-state index contributed by atoms with van der Waals surface area (Å²) in [5, 5.41) is 16.3. The zero-order chi connectivity index (χ0) is 20.4. The molecule has 1 unspecified atom stereocenters. The van der Waals surface area contributed by atoms with E-state index in [1.165, 1.54) is 0 Å². The molecule has 0 bridgehead atoms. The Morgan fingerprint density at radius 1 is 1.32 bits per heavy atom. The molecule has 0 saturated carbocycles. The second-order valence-corrected chi connectivity index (χ2v) is 6.49. The molecule has 148 valence electrons. The maximum absolute atomic E-state index is 12.8. The van der Waals surface area contributed by atoms with Gasteiger partial charge in [0.2, 0.25) is 0 Å². The lowest BCUT2D eigenvalue weighted by atomic mass is 10.0. The van der Waals surface area contributed by atoms with Gasteiger partial charge in [0.25, 0.3) is 0 Å². The van der Waals surface area contributed by atoms with Crippen LogP contribution in [-0.4, -0.2) is 44.4 Å². The van der Waals surface area contributed by atoms with E-state index in [0.717, 1.165) is 11.3 Å². The molecule has 0 aliphatic rings. The fraction of sp³-hybridized carbons (Fsp3) is 0.381. The lowest BCUT2D eigenvalue weighted by molar-refractivity contribution is -0.137. The van der Waals surface area contributed by atoms with Crippen LogP contribution in [0, 0.1) is 12.3 Å². The van der Waals surface area contributed by atoms with Crippen LogP contribution >= 0.6 is 0 Å². The predicted octanol–water partition coefficient (Wildman–Crippen LogP) is 2.52. The fourth-order valence-electron chi connectivity index (χ4n) is 2.88. The Hall–Kier alpha value is -3.27. The molecule has 0 saturated heterocycles. The second-order valence-electron chi connectivity index (χ2n) is 6.49. The van der Waals surface area contributed by atoms with Crippen molar-refractivity contribution in [1.82, 2.24) is 20.0 Å². The van der Waals surface area contributed by atoms with Gasteiger partial charge in [0.1, 0.15) is 6.54 Å². The number of amides is 2. The third-order valence-electron chi connectivity index (χ3n) is 4.33. The van der Waals surface area contributed by atoms with Crippen molar-refractivity contribution in [3.05, 3.63) is 53.9 Å². The van der Waals surface area contributed by atoms with Gasteiger partial charge >= 0.3 is 12.0 Å². The monoisotopic (exact) mass is 382 g/mol. The second kappa shape index (κ2) is 10.8. The molecule has 7 nitrogen and oxygen atoms in total. The summed E-state index contributed by atoms with van der Waals surface area (Å²) < 4.78 is 1.64. The number of benzene rings is 1. The van der Waals surface area contributed by atoms with E-state index < -0.39 is 5.97 Å². The lowest BCUT2D eigenvalue weighted by Crippen LogP contribution is -2.45. The molecule has 0 aliphatic carbocycles. The van der Waals surface area contributed by atoms with Crippen LogP contribution in [0.3, 0.4) is 0 Å². The van der Waals surface area contributed by atoms with Crippen LogP contribution in [0.15, 0.2) is 42.6 Å². The third-order valence-corrected chi connectivity index (χ3v) is 4.33. The first-order chi connectivity index (χ1) is 13.5. The van der Waals surface area contributed by atoms with Crippen LogP contribution < -0.4 is 5.32 Å². The Morgan fingerprint density at radius 3 is 2.71 bits per heavy atom. The summed E-state index contributed by atoms with van der Waals surface area (Å²) in [6.07, 6.45) is 8.01. The van der Waals surface area contributed by atoms with Gasteiger partial charge in [-0.05, 0) is 31.4 Å². The highest BCUT2D eigenvalue weighted by molar-refractivity contribution is 5.74. The smallest absolute Gasteiger partial charge is 0.317 e. The number of rotatable bonds is 10. The molecule has 0 radical (unpaired) electrons. The maximum Gasteiger partial charge on any atom is 0.317 e. The number of nitrogens with one attached hydrogen (secondary N) is 1. The number of carbonyl (C=O) groups excluding carboxylic acids is 1. The summed E-state index contributed by atoms with van der Waals surface area (Å²) in [6.45, 7) is 3.13. The Balaban J connectivity index is 2.01. The highest BCUT2D eigenvalue weighted by atomic mass is 16.4. The molecular formula is C21H26N4O3. The van der Waals surface area contributed by atoms with Crippen LogP contribution in [-0.2, 0) is 24.3 Å². The minimum atomic E-state index is -0.876. The molecule has 0 aliphatic heterocycles. The minimum Gasteiger partial charge on any atom is -0.481 e. The number of nitrogens with zero attached hydrogens (tertiary/aromatic N) is 3. The number of aromatic nitrogens is 2. The molecule has 1 atom stereocenters. The highest BCUT2D eigenvalue weighted by Crippen LogP contribution is 2.10. The molecule has 7 heteroatoms. The maximum atomic E-state index is 12.8. The van der Waals surface area contributed by atoms with Gasteiger partial charge in [-0.3, -0.25) is 9.48 Å². The normalized spacial score (nSPS) is 11.4. The van der Waals surface area contributed by atoms with Gasteiger partial charge in [0.05, 0.1) is 12.2 Å². The third kappa shape index (κ3) is 6.80. The summed E-state index contributed by atoms with van der Waals surface area (Å²) in [6, 6.07) is 11.0. The Morgan fingerprint density at radius 2 is 2.07 bits per heavy atom. The Kier molecular flexibility index (Phi) is 8.10.